The molecule has 2 aromatic heterocycles. The van der Waals surface area contributed by atoms with E-state index < -0.39 is 0 Å². The Morgan fingerprint density at radius 2 is 2.24 bits per heavy atom. The molecule has 1 fully saturated rings. The Balaban J connectivity index is 1.85. The van der Waals surface area contributed by atoms with Gasteiger partial charge in [0.25, 0.3) is 5.91 Å². The van der Waals surface area contributed by atoms with Gasteiger partial charge in [0.15, 0.2) is 0 Å². The highest BCUT2D eigenvalue weighted by Gasteiger charge is 2.22. The van der Waals surface area contributed by atoms with Gasteiger partial charge in [0, 0.05) is 38.4 Å². The number of hydrogen-bond donors (Lipinski definition) is 1. The maximum Gasteiger partial charge on any atom is 0.265 e. The Morgan fingerprint density at radius 3 is 3.00 bits per heavy atom. The van der Waals surface area contributed by atoms with Crippen LogP contribution < -0.4 is 5.32 Å². The van der Waals surface area contributed by atoms with Gasteiger partial charge in [-0.25, -0.2) is 4.98 Å². The number of aromatic nitrogens is 3. The standard InChI is InChI=1S/C14H19N5OS/c1-10-12(14(20)19-6-3-4-15-5-7-19)21-13(17-10)11-8-16-18(2)9-11/h8-9,15H,3-7H2,1-2H3. The monoisotopic (exact) mass is 305 g/mol. The molecule has 0 bridgehead atoms. The lowest BCUT2D eigenvalue weighted by molar-refractivity contribution is 0.0770. The SMILES string of the molecule is Cc1nc(-c2cnn(C)c2)sc1C(=O)N1CCCNCC1. The van der Waals surface area contributed by atoms with E-state index in [4.69, 9.17) is 0 Å². The van der Waals surface area contributed by atoms with Crippen LogP contribution in [0.25, 0.3) is 10.6 Å². The predicted molar refractivity (Wildman–Crippen MR) is 82.4 cm³/mol. The zero-order chi connectivity index (χ0) is 14.8. The molecule has 1 amide bonds. The van der Waals surface area contributed by atoms with Gasteiger partial charge in [-0.1, -0.05) is 0 Å². The lowest BCUT2D eigenvalue weighted by Gasteiger charge is -2.19. The molecule has 1 N–H and O–H groups in total. The molecule has 7 heteroatoms. The van der Waals surface area contributed by atoms with Crippen molar-refractivity contribution < 1.29 is 4.79 Å². The van der Waals surface area contributed by atoms with Crippen molar-refractivity contribution in [2.75, 3.05) is 26.2 Å². The minimum absolute atomic E-state index is 0.101. The molecule has 0 atom stereocenters. The van der Waals surface area contributed by atoms with Crippen molar-refractivity contribution in [3.63, 3.8) is 0 Å². The number of nitrogens with one attached hydrogen (secondary N) is 1. The van der Waals surface area contributed by atoms with Gasteiger partial charge in [-0.3, -0.25) is 9.48 Å². The lowest BCUT2D eigenvalue weighted by Crippen LogP contribution is -2.34. The molecule has 0 radical (unpaired) electrons. The van der Waals surface area contributed by atoms with E-state index in [0.29, 0.717) is 0 Å². The third kappa shape index (κ3) is 2.98. The molecule has 1 aliphatic rings. The van der Waals surface area contributed by atoms with Gasteiger partial charge in [0.05, 0.1) is 11.9 Å². The van der Waals surface area contributed by atoms with Crippen molar-refractivity contribution in [2.45, 2.75) is 13.3 Å². The number of hydrogen-bond acceptors (Lipinski definition) is 5. The van der Waals surface area contributed by atoms with E-state index in [1.807, 2.05) is 25.1 Å². The van der Waals surface area contributed by atoms with E-state index in [0.717, 1.165) is 53.7 Å². The number of thiazole rings is 1. The van der Waals surface area contributed by atoms with Gasteiger partial charge in [0.1, 0.15) is 9.88 Å². The molecule has 112 valence electrons. The van der Waals surface area contributed by atoms with Crippen LogP contribution in [0.4, 0.5) is 0 Å². The molecule has 0 aliphatic carbocycles. The summed E-state index contributed by atoms with van der Waals surface area (Å²) < 4.78 is 1.74. The molecule has 3 rings (SSSR count). The molecule has 6 nitrogen and oxygen atoms in total. The van der Waals surface area contributed by atoms with Crippen molar-refractivity contribution in [1.82, 2.24) is 25.0 Å². The summed E-state index contributed by atoms with van der Waals surface area (Å²) in [4.78, 5) is 19.9. The van der Waals surface area contributed by atoms with Crippen LogP contribution in [0.2, 0.25) is 0 Å². The van der Waals surface area contributed by atoms with Gasteiger partial charge in [-0.05, 0) is 19.9 Å². The van der Waals surface area contributed by atoms with Crippen molar-refractivity contribution in [3.05, 3.63) is 23.0 Å². The first-order valence-corrected chi connectivity index (χ1v) is 7.93. The number of aryl methyl sites for hydroxylation is 2. The number of rotatable bonds is 2. The average molecular weight is 305 g/mol. The van der Waals surface area contributed by atoms with Crippen molar-refractivity contribution in [1.29, 1.82) is 0 Å². The molecular weight excluding hydrogens is 286 g/mol. The van der Waals surface area contributed by atoms with Crippen molar-refractivity contribution in [3.8, 4) is 10.6 Å². The summed E-state index contributed by atoms with van der Waals surface area (Å²) in [5.41, 5.74) is 1.77. The second-order valence-electron chi connectivity index (χ2n) is 5.23. The zero-order valence-electron chi connectivity index (χ0n) is 12.3. The summed E-state index contributed by atoms with van der Waals surface area (Å²) in [5.74, 6) is 0.101. The topological polar surface area (TPSA) is 63.1 Å². The molecule has 3 heterocycles. The molecule has 0 aromatic carbocycles. The van der Waals surface area contributed by atoms with Crippen LogP contribution >= 0.6 is 11.3 Å². The maximum atomic E-state index is 12.7. The van der Waals surface area contributed by atoms with E-state index in [2.05, 4.69) is 15.4 Å². The summed E-state index contributed by atoms with van der Waals surface area (Å²) in [5, 5.41) is 8.33. The number of nitrogens with zero attached hydrogens (tertiary/aromatic N) is 4. The highest BCUT2D eigenvalue weighted by Crippen LogP contribution is 2.28. The second-order valence-corrected chi connectivity index (χ2v) is 6.23. The summed E-state index contributed by atoms with van der Waals surface area (Å²) >= 11 is 1.46. The number of amides is 1. The predicted octanol–water partition coefficient (Wildman–Crippen LogP) is 1.29. The van der Waals surface area contributed by atoms with Crippen LogP contribution in [-0.2, 0) is 7.05 Å². The zero-order valence-corrected chi connectivity index (χ0v) is 13.1. The summed E-state index contributed by atoms with van der Waals surface area (Å²) in [6.45, 7) is 5.31. The molecule has 2 aromatic rings. The van der Waals surface area contributed by atoms with Crippen molar-refractivity contribution >= 4 is 17.2 Å². The number of carbonyl (C=O) groups is 1. The molecule has 1 saturated heterocycles. The Kier molecular flexibility index (Phi) is 4.03. The van der Waals surface area contributed by atoms with E-state index in [9.17, 15) is 4.79 Å². The van der Waals surface area contributed by atoms with Crippen LogP contribution in [0.3, 0.4) is 0 Å². The van der Waals surface area contributed by atoms with Crippen LogP contribution in [0, 0.1) is 6.92 Å². The highest BCUT2D eigenvalue weighted by molar-refractivity contribution is 7.17. The highest BCUT2D eigenvalue weighted by atomic mass is 32.1. The van der Waals surface area contributed by atoms with E-state index >= 15 is 0 Å². The normalized spacial score (nSPS) is 16.0. The lowest BCUT2D eigenvalue weighted by atomic mass is 10.3. The van der Waals surface area contributed by atoms with Gasteiger partial charge in [0.2, 0.25) is 0 Å². The maximum absolute atomic E-state index is 12.7. The first-order valence-electron chi connectivity index (χ1n) is 7.11. The Hall–Kier alpha value is -1.73. The van der Waals surface area contributed by atoms with Gasteiger partial charge in [-0.15, -0.1) is 11.3 Å². The smallest absolute Gasteiger partial charge is 0.265 e. The second kappa shape index (κ2) is 5.95. The first kappa shape index (κ1) is 14.2. The average Bonchev–Trinajstić information content (AvgIpc) is 2.95. The van der Waals surface area contributed by atoms with Crippen LogP contribution in [0.15, 0.2) is 12.4 Å². The fraction of sp³-hybridized carbons (Fsp3) is 0.500. The Bertz CT molecular complexity index is 640. The Morgan fingerprint density at radius 1 is 1.38 bits per heavy atom. The molecule has 21 heavy (non-hydrogen) atoms. The Labute approximate surface area is 127 Å². The van der Waals surface area contributed by atoms with Crippen molar-refractivity contribution in [2.24, 2.45) is 7.05 Å². The quantitative estimate of drug-likeness (QED) is 0.908. The largest absolute Gasteiger partial charge is 0.337 e. The fourth-order valence-corrected chi connectivity index (χ4v) is 3.45. The molecular formula is C14H19N5OS. The minimum atomic E-state index is 0.101. The van der Waals surface area contributed by atoms with Crippen LogP contribution in [0.5, 0.6) is 0 Å². The molecule has 0 unspecified atom stereocenters. The third-order valence-electron chi connectivity index (χ3n) is 3.57. The molecule has 0 saturated carbocycles. The van der Waals surface area contributed by atoms with Gasteiger partial charge >= 0.3 is 0 Å². The van der Waals surface area contributed by atoms with E-state index in [1.54, 1.807) is 10.9 Å². The van der Waals surface area contributed by atoms with E-state index in [-0.39, 0.29) is 5.91 Å². The van der Waals surface area contributed by atoms with E-state index in [1.165, 1.54) is 11.3 Å². The molecule has 1 aliphatic heterocycles. The first-order chi connectivity index (χ1) is 10.1. The van der Waals surface area contributed by atoms with Gasteiger partial charge in [-0.2, -0.15) is 5.10 Å². The minimum Gasteiger partial charge on any atom is -0.337 e. The summed E-state index contributed by atoms with van der Waals surface area (Å²) in [6, 6.07) is 0. The van der Waals surface area contributed by atoms with Crippen LogP contribution in [-0.4, -0.2) is 51.8 Å². The number of carbonyl (C=O) groups excluding carboxylic acids is 1. The third-order valence-corrected chi connectivity index (χ3v) is 4.76. The molecule has 0 spiro atoms. The van der Waals surface area contributed by atoms with Crippen LogP contribution in [0.1, 0.15) is 21.8 Å². The summed E-state index contributed by atoms with van der Waals surface area (Å²) in [6.07, 6.45) is 4.70. The van der Waals surface area contributed by atoms with Gasteiger partial charge < -0.3 is 10.2 Å². The summed E-state index contributed by atoms with van der Waals surface area (Å²) in [7, 11) is 1.88. The fourth-order valence-electron chi connectivity index (χ4n) is 2.44.